The lowest BCUT2D eigenvalue weighted by Gasteiger charge is -2.25. The average Bonchev–Trinajstić information content (AvgIpc) is 3.32. The number of hydrogen-bond acceptors (Lipinski definition) is 3. The number of thiophene rings is 1. The normalized spacial score (nSPS) is 15.1. The molecule has 2 amide bonds. The van der Waals surface area contributed by atoms with Crippen LogP contribution in [0.2, 0.25) is 0 Å². The van der Waals surface area contributed by atoms with E-state index in [1.54, 1.807) is 28.4 Å². The third-order valence-electron chi connectivity index (χ3n) is 4.08. The molecule has 1 aliphatic rings. The number of benzene rings is 1. The predicted molar refractivity (Wildman–Crippen MR) is 92.4 cm³/mol. The van der Waals surface area contributed by atoms with E-state index in [1.807, 2.05) is 19.1 Å². The van der Waals surface area contributed by atoms with E-state index >= 15 is 0 Å². The van der Waals surface area contributed by atoms with Crippen molar-refractivity contribution in [3.63, 3.8) is 0 Å². The average molecular weight is 348 g/mol. The summed E-state index contributed by atoms with van der Waals surface area (Å²) in [6.07, 6.45) is 1.10. The molecule has 2 N–H and O–H groups in total. The smallest absolute Gasteiger partial charge is 0.318 e. The van der Waals surface area contributed by atoms with Gasteiger partial charge in [0.1, 0.15) is 5.82 Å². The van der Waals surface area contributed by atoms with E-state index in [9.17, 15) is 14.3 Å². The molecule has 128 valence electrons. The lowest BCUT2D eigenvalue weighted by molar-refractivity contribution is 0.117. The lowest BCUT2D eigenvalue weighted by Crippen LogP contribution is -2.43. The van der Waals surface area contributed by atoms with Crippen LogP contribution in [0.5, 0.6) is 0 Å². The quantitative estimate of drug-likeness (QED) is 0.838. The number of aliphatic hydroxyl groups is 1. The number of halogens is 1. The van der Waals surface area contributed by atoms with Crippen LogP contribution in [-0.2, 0) is 6.54 Å². The van der Waals surface area contributed by atoms with Crippen LogP contribution in [0.15, 0.2) is 36.4 Å². The van der Waals surface area contributed by atoms with E-state index in [1.165, 1.54) is 17.0 Å². The van der Waals surface area contributed by atoms with Gasteiger partial charge < -0.3 is 15.3 Å². The lowest BCUT2D eigenvalue weighted by atomic mass is 10.1. The van der Waals surface area contributed by atoms with Gasteiger partial charge in [0.25, 0.3) is 0 Å². The zero-order valence-corrected chi connectivity index (χ0v) is 14.4. The number of amides is 2. The van der Waals surface area contributed by atoms with E-state index in [4.69, 9.17) is 0 Å². The SMILES string of the molecule is Cc1ccc(CNC(=O)N(CC(O)c2ccc(F)cc2)C2CC2)s1. The third-order valence-corrected chi connectivity index (χ3v) is 5.08. The first-order valence-corrected chi connectivity index (χ1v) is 8.88. The van der Waals surface area contributed by atoms with Crippen LogP contribution in [0.1, 0.15) is 34.3 Å². The fraction of sp³-hybridized carbons (Fsp3) is 0.389. The molecule has 0 spiro atoms. The van der Waals surface area contributed by atoms with Gasteiger partial charge >= 0.3 is 6.03 Å². The number of nitrogens with zero attached hydrogens (tertiary/aromatic N) is 1. The highest BCUT2D eigenvalue weighted by atomic mass is 32.1. The van der Waals surface area contributed by atoms with Crippen molar-refractivity contribution in [1.82, 2.24) is 10.2 Å². The van der Waals surface area contributed by atoms with Crippen molar-refractivity contribution in [2.24, 2.45) is 0 Å². The molecule has 6 heteroatoms. The molecule has 2 aromatic rings. The third kappa shape index (κ3) is 4.33. The van der Waals surface area contributed by atoms with Crippen molar-refractivity contribution in [3.8, 4) is 0 Å². The zero-order chi connectivity index (χ0) is 17.1. The standard InChI is InChI=1S/C18H21FN2O2S/c1-12-2-9-16(24-12)10-20-18(23)21(15-7-8-15)11-17(22)13-3-5-14(19)6-4-13/h2-6,9,15,17,22H,7-8,10-11H2,1H3,(H,20,23). The molecule has 1 heterocycles. The Morgan fingerprint density at radius 3 is 2.62 bits per heavy atom. The molecule has 1 aliphatic carbocycles. The molecule has 4 nitrogen and oxygen atoms in total. The molecule has 1 atom stereocenters. The van der Waals surface area contributed by atoms with Crippen LogP contribution in [0.3, 0.4) is 0 Å². The van der Waals surface area contributed by atoms with E-state index in [0.717, 1.165) is 17.7 Å². The van der Waals surface area contributed by atoms with Gasteiger partial charge in [0, 0.05) is 15.8 Å². The largest absolute Gasteiger partial charge is 0.387 e. The van der Waals surface area contributed by atoms with E-state index in [0.29, 0.717) is 12.1 Å². The summed E-state index contributed by atoms with van der Waals surface area (Å²) in [6.45, 7) is 2.74. The molecule has 1 unspecified atom stereocenters. The first-order chi connectivity index (χ1) is 11.5. The Morgan fingerprint density at radius 2 is 2.04 bits per heavy atom. The van der Waals surface area contributed by atoms with Crippen LogP contribution in [0.4, 0.5) is 9.18 Å². The van der Waals surface area contributed by atoms with Crippen LogP contribution in [0, 0.1) is 12.7 Å². The number of rotatable bonds is 6. The van der Waals surface area contributed by atoms with Crippen LogP contribution in [0.25, 0.3) is 0 Å². The van der Waals surface area contributed by atoms with Gasteiger partial charge in [0.15, 0.2) is 0 Å². The number of urea groups is 1. The van der Waals surface area contributed by atoms with Crippen LogP contribution < -0.4 is 5.32 Å². The second-order valence-corrected chi connectivity index (χ2v) is 7.49. The van der Waals surface area contributed by atoms with Gasteiger partial charge in [-0.25, -0.2) is 9.18 Å². The Morgan fingerprint density at radius 1 is 1.33 bits per heavy atom. The van der Waals surface area contributed by atoms with Gasteiger partial charge in [0.05, 0.1) is 19.2 Å². The Balaban J connectivity index is 1.59. The van der Waals surface area contributed by atoms with Gasteiger partial charge in [-0.15, -0.1) is 11.3 Å². The molecule has 3 rings (SSSR count). The maximum absolute atomic E-state index is 13.0. The van der Waals surface area contributed by atoms with Crippen molar-refractivity contribution in [1.29, 1.82) is 0 Å². The maximum Gasteiger partial charge on any atom is 0.318 e. The van der Waals surface area contributed by atoms with Crippen molar-refractivity contribution < 1.29 is 14.3 Å². The molecular formula is C18H21FN2O2S. The van der Waals surface area contributed by atoms with Gasteiger partial charge in [-0.1, -0.05) is 12.1 Å². The van der Waals surface area contributed by atoms with Gasteiger partial charge in [0.2, 0.25) is 0 Å². The van der Waals surface area contributed by atoms with Gasteiger partial charge in [-0.2, -0.15) is 0 Å². The van der Waals surface area contributed by atoms with E-state index in [2.05, 4.69) is 5.32 Å². The number of aryl methyl sites for hydroxylation is 1. The zero-order valence-electron chi connectivity index (χ0n) is 13.5. The minimum atomic E-state index is -0.819. The molecule has 0 aliphatic heterocycles. The number of carbonyl (C=O) groups is 1. The number of nitrogens with one attached hydrogen (secondary N) is 1. The summed E-state index contributed by atoms with van der Waals surface area (Å²) in [5.74, 6) is -0.339. The monoisotopic (exact) mass is 348 g/mol. The number of hydrogen-bond donors (Lipinski definition) is 2. The molecule has 1 saturated carbocycles. The molecule has 1 aromatic heterocycles. The van der Waals surface area contributed by atoms with Crippen molar-refractivity contribution in [3.05, 3.63) is 57.5 Å². The number of aliphatic hydroxyl groups excluding tert-OH is 1. The maximum atomic E-state index is 13.0. The van der Waals surface area contributed by atoms with Gasteiger partial charge in [-0.05, 0) is 49.6 Å². The summed E-state index contributed by atoms with van der Waals surface area (Å²) in [5.41, 5.74) is 0.615. The minimum Gasteiger partial charge on any atom is -0.387 e. The predicted octanol–water partition coefficient (Wildman–Crippen LogP) is 3.60. The minimum absolute atomic E-state index is 0.162. The molecular weight excluding hydrogens is 327 g/mol. The second-order valence-electron chi connectivity index (χ2n) is 6.12. The van der Waals surface area contributed by atoms with Crippen molar-refractivity contribution in [2.75, 3.05) is 6.54 Å². The highest BCUT2D eigenvalue weighted by molar-refractivity contribution is 7.11. The first kappa shape index (κ1) is 16.9. The summed E-state index contributed by atoms with van der Waals surface area (Å²) < 4.78 is 13.0. The Labute approximate surface area is 144 Å². The van der Waals surface area contributed by atoms with E-state index in [-0.39, 0.29) is 24.4 Å². The summed E-state index contributed by atoms with van der Waals surface area (Å²) >= 11 is 1.66. The van der Waals surface area contributed by atoms with Gasteiger partial charge in [-0.3, -0.25) is 0 Å². The topological polar surface area (TPSA) is 52.6 Å². The Kier molecular flexibility index (Phi) is 5.16. The Bertz CT molecular complexity index is 697. The van der Waals surface area contributed by atoms with Crippen LogP contribution in [-0.4, -0.2) is 28.6 Å². The van der Waals surface area contributed by atoms with E-state index < -0.39 is 6.10 Å². The van der Waals surface area contributed by atoms with Crippen molar-refractivity contribution in [2.45, 2.75) is 38.5 Å². The van der Waals surface area contributed by atoms with Crippen molar-refractivity contribution >= 4 is 17.4 Å². The molecule has 0 radical (unpaired) electrons. The summed E-state index contributed by atoms with van der Waals surface area (Å²) in [4.78, 5) is 16.5. The second kappa shape index (κ2) is 7.32. The molecule has 24 heavy (non-hydrogen) atoms. The summed E-state index contributed by atoms with van der Waals surface area (Å²) in [7, 11) is 0. The number of carbonyl (C=O) groups excluding carboxylic acids is 1. The summed E-state index contributed by atoms with van der Waals surface area (Å²) in [5, 5.41) is 13.3. The highest BCUT2D eigenvalue weighted by Crippen LogP contribution is 2.29. The molecule has 1 aromatic carbocycles. The first-order valence-electron chi connectivity index (χ1n) is 8.06. The Hall–Kier alpha value is -1.92. The highest BCUT2D eigenvalue weighted by Gasteiger charge is 2.34. The molecule has 1 fully saturated rings. The summed E-state index contributed by atoms with van der Waals surface area (Å²) in [6, 6.07) is 9.81. The molecule has 0 bridgehead atoms. The molecule has 0 saturated heterocycles. The fourth-order valence-electron chi connectivity index (χ4n) is 2.61. The fourth-order valence-corrected chi connectivity index (χ4v) is 3.44. The van der Waals surface area contributed by atoms with Crippen LogP contribution >= 0.6 is 11.3 Å².